The third kappa shape index (κ3) is 1.22. The molecule has 0 aromatic carbocycles. The first kappa shape index (κ1) is 10.1. The highest BCUT2D eigenvalue weighted by Gasteiger charge is 2.53. The molecule has 0 aromatic heterocycles. The third-order valence-corrected chi connectivity index (χ3v) is 4.36. The van der Waals surface area contributed by atoms with E-state index in [-0.39, 0.29) is 17.9 Å². The number of piperidine rings is 1. The Morgan fingerprint density at radius 2 is 2.06 bits per heavy atom. The summed E-state index contributed by atoms with van der Waals surface area (Å²) in [6.45, 7) is 3.61. The SMILES string of the molecule is CC1(C)NC(=O)C[C@@H]2[C@H]3CC[C@H](C3)N2C1=O. The maximum absolute atomic E-state index is 12.4. The molecule has 2 bridgehead atoms. The molecule has 3 aliphatic rings. The van der Waals surface area contributed by atoms with Gasteiger partial charge in [-0.2, -0.15) is 0 Å². The zero-order valence-electron chi connectivity index (χ0n) is 9.82. The standard InChI is InChI=1S/C12H18N2O2/c1-12(2)11(16)14-8-4-3-7(5-8)9(14)6-10(15)13-12/h7-9H,3-6H2,1-2H3,(H,13,15)/t7-,8+,9+/m0/s1. The summed E-state index contributed by atoms with van der Waals surface area (Å²) in [4.78, 5) is 26.2. The van der Waals surface area contributed by atoms with Gasteiger partial charge in [0, 0.05) is 18.5 Å². The highest BCUT2D eigenvalue weighted by molar-refractivity contribution is 5.94. The summed E-state index contributed by atoms with van der Waals surface area (Å²) in [6.07, 6.45) is 3.92. The molecule has 0 unspecified atom stereocenters. The normalized spacial score (nSPS) is 40.6. The van der Waals surface area contributed by atoms with E-state index < -0.39 is 5.54 Å². The molecule has 0 radical (unpaired) electrons. The molecule has 1 saturated carbocycles. The summed E-state index contributed by atoms with van der Waals surface area (Å²) in [7, 11) is 0. The molecule has 2 amide bonds. The molecule has 0 spiro atoms. The number of amides is 2. The molecule has 3 atom stereocenters. The lowest BCUT2D eigenvalue weighted by Crippen LogP contribution is -2.55. The molecule has 2 aliphatic heterocycles. The molecule has 4 nitrogen and oxygen atoms in total. The number of nitrogens with one attached hydrogen (secondary N) is 1. The summed E-state index contributed by atoms with van der Waals surface area (Å²) in [5.41, 5.74) is -0.726. The van der Waals surface area contributed by atoms with Crippen LogP contribution >= 0.6 is 0 Å². The first-order valence-electron chi connectivity index (χ1n) is 6.13. The molecule has 88 valence electrons. The van der Waals surface area contributed by atoms with Gasteiger partial charge in [0.15, 0.2) is 0 Å². The van der Waals surface area contributed by atoms with Crippen molar-refractivity contribution in [2.75, 3.05) is 0 Å². The van der Waals surface area contributed by atoms with Crippen molar-refractivity contribution in [2.45, 2.75) is 57.2 Å². The Morgan fingerprint density at radius 3 is 2.81 bits per heavy atom. The lowest BCUT2D eigenvalue weighted by Gasteiger charge is -2.36. The Morgan fingerprint density at radius 1 is 1.31 bits per heavy atom. The smallest absolute Gasteiger partial charge is 0.248 e. The highest BCUT2D eigenvalue weighted by atomic mass is 16.2. The predicted molar refractivity (Wildman–Crippen MR) is 58.6 cm³/mol. The topological polar surface area (TPSA) is 49.4 Å². The van der Waals surface area contributed by atoms with Gasteiger partial charge in [-0.3, -0.25) is 9.59 Å². The van der Waals surface area contributed by atoms with Crippen LogP contribution in [0.5, 0.6) is 0 Å². The van der Waals surface area contributed by atoms with Gasteiger partial charge in [-0.15, -0.1) is 0 Å². The van der Waals surface area contributed by atoms with Gasteiger partial charge in [-0.25, -0.2) is 0 Å². The van der Waals surface area contributed by atoms with E-state index in [1.807, 2.05) is 18.7 Å². The van der Waals surface area contributed by atoms with Crippen molar-refractivity contribution in [1.82, 2.24) is 10.2 Å². The van der Waals surface area contributed by atoms with Crippen molar-refractivity contribution < 1.29 is 9.59 Å². The minimum absolute atomic E-state index is 0.0263. The van der Waals surface area contributed by atoms with Crippen LogP contribution < -0.4 is 5.32 Å². The van der Waals surface area contributed by atoms with Crippen LogP contribution in [0.15, 0.2) is 0 Å². The van der Waals surface area contributed by atoms with E-state index in [9.17, 15) is 9.59 Å². The van der Waals surface area contributed by atoms with E-state index in [2.05, 4.69) is 5.32 Å². The average molecular weight is 222 g/mol. The predicted octanol–water partition coefficient (Wildman–Crippen LogP) is 0.664. The number of nitrogens with zero attached hydrogens (tertiary/aromatic N) is 1. The molecule has 0 aromatic rings. The fraction of sp³-hybridized carbons (Fsp3) is 0.833. The maximum Gasteiger partial charge on any atom is 0.248 e. The van der Waals surface area contributed by atoms with E-state index in [1.54, 1.807) is 0 Å². The zero-order valence-corrected chi connectivity index (χ0v) is 9.82. The Bertz CT molecular complexity index is 364. The first-order chi connectivity index (χ1) is 7.49. The van der Waals surface area contributed by atoms with Crippen LogP contribution in [-0.2, 0) is 9.59 Å². The monoisotopic (exact) mass is 222 g/mol. The lowest BCUT2D eigenvalue weighted by molar-refractivity contribution is -0.140. The fourth-order valence-electron chi connectivity index (χ4n) is 3.64. The van der Waals surface area contributed by atoms with Crippen LogP contribution in [0.25, 0.3) is 0 Å². The third-order valence-electron chi connectivity index (χ3n) is 4.36. The van der Waals surface area contributed by atoms with Crippen molar-refractivity contribution in [3.05, 3.63) is 0 Å². The Labute approximate surface area is 95.4 Å². The first-order valence-corrected chi connectivity index (χ1v) is 6.13. The molecule has 1 N–H and O–H groups in total. The largest absolute Gasteiger partial charge is 0.342 e. The van der Waals surface area contributed by atoms with Crippen molar-refractivity contribution in [3.63, 3.8) is 0 Å². The molecule has 1 aliphatic carbocycles. The van der Waals surface area contributed by atoms with Crippen molar-refractivity contribution >= 4 is 11.8 Å². The Kier molecular flexibility index (Phi) is 1.89. The number of rotatable bonds is 0. The van der Waals surface area contributed by atoms with Gasteiger partial charge in [0.05, 0.1) is 0 Å². The van der Waals surface area contributed by atoms with Gasteiger partial charge in [-0.05, 0) is 39.0 Å². The van der Waals surface area contributed by atoms with Gasteiger partial charge in [0.1, 0.15) is 5.54 Å². The molecular weight excluding hydrogens is 204 g/mol. The van der Waals surface area contributed by atoms with Crippen molar-refractivity contribution in [1.29, 1.82) is 0 Å². The van der Waals surface area contributed by atoms with Gasteiger partial charge >= 0.3 is 0 Å². The Hall–Kier alpha value is -1.06. The molecule has 2 heterocycles. The molecular formula is C12H18N2O2. The van der Waals surface area contributed by atoms with Gasteiger partial charge < -0.3 is 10.2 Å². The number of hydrogen-bond acceptors (Lipinski definition) is 2. The fourth-order valence-corrected chi connectivity index (χ4v) is 3.64. The minimum Gasteiger partial charge on any atom is -0.342 e. The molecule has 16 heavy (non-hydrogen) atoms. The number of hydrogen-bond donors (Lipinski definition) is 1. The van der Waals surface area contributed by atoms with E-state index >= 15 is 0 Å². The van der Waals surface area contributed by atoms with E-state index in [1.165, 1.54) is 6.42 Å². The van der Waals surface area contributed by atoms with Crippen LogP contribution in [0.1, 0.15) is 39.5 Å². The Balaban J connectivity index is 1.98. The maximum atomic E-state index is 12.4. The van der Waals surface area contributed by atoms with E-state index in [0.29, 0.717) is 18.4 Å². The second kappa shape index (κ2) is 2.99. The molecule has 3 rings (SSSR count). The quantitative estimate of drug-likeness (QED) is 0.654. The zero-order chi connectivity index (χ0) is 11.5. The second-order valence-corrected chi connectivity index (χ2v) is 5.88. The summed E-state index contributed by atoms with van der Waals surface area (Å²) >= 11 is 0. The second-order valence-electron chi connectivity index (χ2n) is 5.88. The summed E-state index contributed by atoms with van der Waals surface area (Å²) in [5, 5.41) is 2.84. The minimum atomic E-state index is -0.726. The summed E-state index contributed by atoms with van der Waals surface area (Å²) in [5.74, 6) is 0.697. The highest BCUT2D eigenvalue weighted by Crippen LogP contribution is 2.45. The number of carbonyl (C=O) groups is 2. The van der Waals surface area contributed by atoms with E-state index in [0.717, 1.165) is 12.8 Å². The van der Waals surface area contributed by atoms with E-state index in [4.69, 9.17) is 0 Å². The van der Waals surface area contributed by atoms with Gasteiger partial charge in [-0.1, -0.05) is 0 Å². The van der Waals surface area contributed by atoms with Gasteiger partial charge in [0.2, 0.25) is 11.8 Å². The van der Waals surface area contributed by atoms with Crippen LogP contribution in [-0.4, -0.2) is 34.3 Å². The van der Waals surface area contributed by atoms with Crippen molar-refractivity contribution in [2.24, 2.45) is 5.92 Å². The molecule has 3 fully saturated rings. The van der Waals surface area contributed by atoms with Crippen LogP contribution in [0.3, 0.4) is 0 Å². The molecule has 2 saturated heterocycles. The lowest BCUT2D eigenvalue weighted by atomic mass is 9.95. The number of fused-ring (bicyclic) bond motifs is 5. The van der Waals surface area contributed by atoms with Crippen molar-refractivity contribution in [3.8, 4) is 0 Å². The average Bonchev–Trinajstić information content (AvgIpc) is 2.73. The number of carbonyl (C=O) groups excluding carboxylic acids is 2. The van der Waals surface area contributed by atoms with Crippen LogP contribution in [0.2, 0.25) is 0 Å². The summed E-state index contributed by atoms with van der Waals surface area (Å²) in [6, 6.07) is 0.572. The van der Waals surface area contributed by atoms with Crippen LogP contribution in [0.4, 0.5) is 0 Å². The van der Waals surface area contributed by atoms with Crippen LogP contribution in [0, 0.1) is 5.92 Å². The van der Waals surface area contributed by atoms with Gasteiger partial charge in [0.25, 0.3) is 0 Å². The molecule has 4 heteroatoms. The summed E-state index contributed by atoms with van der Waals surface area (Å²) < 4.78 is 0.